The molecule has 0 heterocycles. The number of fused-ring (bicyclic) bond motifs is 1. The Kier molecular flexibility index (Phi) is 5.48. The van der Waals surface area contributed by atoms with E-state index in [1.165, 1.54) is 30.3 Å². The molecule has 0 saturated carbocycles. The first kappa shape index (κ1) is 20.3. The fourth-order valence-corrected chi connectivity index (χ4v) is 3.04. The van der Waals surface area contributed by atoms with Gasteiger partial charge < -0.3 is 0 Å². The maximum atomic E-state index is 14.4. The molecule has 0 aliphatic carbocycles. The number of benzene rings is 4. The van der Waals surface area contributed by atoms with Crippen LogP contribution in [0.5, 0.6) is 0 Å². The molecule has 0 fully saturated rings. The molecule has 0 amide bonds. The largest absolute Gasteiger partial charge is 0.206 e. The van der Waals surface area contributed by atoms with E-state index >= 15 is 0 Å². The van der Waals surface area contributed by atoms with Crippen LogP contribution in [0.25, 0.3) is 10.8 Å². The Hall–Kier alpha value is -4.02. The number of aryl methyl sites for hydroxylation is 1. The monoisotopic (exact) mass is 414 g/mol. The smallest absolute Gasteiger partial charge is 0.166 e. The Morgan fingerprint density at radius 3 is 1.84 bits per heavy atom. The lowest BCUT2D eigenvalue weighted by molar-refractivity contribution is 0.517. The summed E-state index contributed by atoms with van der Waals surface area (Å²) in [7, 11) is 0. The van der Waals surface area contributed by atoms with Gasteiger partial charge in [-0.25, -0.2) is 17.6 Å². The second-order valence-electron chi connectivity index (χ2n) is 6.98. The molecule has 0 N–H and O–H groups in total. The van der Waals surface area contributed by atoms with Crippen molar-refractivity contribution in [1.29, 1.82) is 0 Å². The summed E-state index contributed by atoms with van der Waals surface area (Å²) in [6.07, 6.45) is 0. The van der Waals surface area contributed by atoms with Gasteiger partial charge in [-0.15, -0.1) is 0 Å². The minimum atomic E-state index is -0.915. The molecule has 4 aromatic rings. The van der Waals surface area contributed by atoms with Gasteiger partial charge >= 0.3 is 0 Å². The summed E-state index contributed by atoms with van der Waals surface area (Å²) in [6, 6.07) is 16.2. The van der Waals surface area contributed by atoms with Gasteiger partial charge in [-0.2, -0.15) is 0 Å². The van der Waals surface area contributed by atoms with E-state index in [0.29, 0.717) is 16.5 Å². The zero-order valence-corrected chi connectivity index (χ0v) is 16.4. The summed E-state index contributed by atoms with van der Waals surface area (Å²) < 4.78 is 55.4. The molecule has 0 saturated heterocycles. The number of halogens is 4. The summed E-state index contributed by atoms with van der Waals surface area (Å²) in [5.41, 5.74) is 2.13. The lowest BCUT2D eigenvalue weighted by atomic mass is 10.1. The zero-order valence-electron chi connectivity index (χ0n) is 16.4. The highest BCUT2D eigenvalue weighted by Gasteiger charge is 2.07. The second kappa shape index (κ2) is 8.38. The Balaban J connectivity index is 1.59. The number of hydrogen-bond donors (Lipinski definition) is 0. The molecule has 4 aromatic carbocycles. The normalized spacial score (nSPS) is 10.2. The van der Waals surface area contributed by atoms with Crippen LogP contribution < -0.4 is 0 Å². The van der Waals surface area contributed by atoms with Crippen molar-refractivity contribution in [2.24, 2.45) is 0 Å². The zero-order chi connectivity index (χ0) is 22.0. The Morgan fingerprint density at radius 2 is 1.16 bits per heavy atom. The van der Waals surface area contributed by atoms with Crippen molar-refractivity contribution in [3.8, 4) is 23.7 Å². The molecule has 0 unspecified atom stereocenters. The lowest BCUT2D eigenvalue weighted by Crippen LogP contribution is -1.88. The maximum Gasteiger partial charge on any atom is 0.166 e. The van der Waals surface area contributed by atoms with Crippen molar-refractivity contribution in [3.05, 3.63) is 118 Å². The molecule has 4 rings (SSSR count). The van der Waals surface area contributed by atoms with Crippen LogP contribution in [0.4, 0.5) is 17.6 Å². The summed E-state index contributed by atoms with van der Waals surface area (Å²) in [5, 5.41) is 0.657. The molecule has 0 aliphatic rings. The van der Waals surface area contributed by atoms with Gasteiger partial charge in [0.1, 0.15) is 11.6 Å². The van der Waals surface area contributed by atoms with Crippen LogP contribution in [0.2, 0.25) is 0 Å². The van der Waals surface area contributed by atoms with Crippen LogP contribution in [0.15, 0.2) is 66.7 Å². The van der Waals surface area contributed by atoms with Crippen molar-refractivity contribution in [2.45, 2.75) is 6.92 Å². The highest BCUT2D eigenvalue weighted by atomic mass is 19.2. The quantitative estimate of drug-likeness (QED) is 0.227. The maximum absolute atomic E-state index is 14.4. The van der Waals surface area contributed by atoms with Crippen molar-refractivity contribution in [3.63, 3.8) is 0 Å². The molecule has 0 aromatic heterocycles. The average molecular weight is 414 g/mol. The predicted octanol–water partition coefficient (Wildman–Crippen LogP) is 6.50. The first-order valence-corrected chi connectivity index (χ1v) is 9.38. The van der Waals surface area contributed by atoms with E-state index in [2.05, 4.69) is 23.7 Å². The SMILES string of the molecule is Cc1ccc(C#Cc2ccc(C#Cc3ccc4c(F)c(F)ccc4c3)c(F)c2)c(F)c1. The Labute approximate surface area is 177 Å². The molecule has 0 bridgehead atoms. The highest BCUT2D eigenvalue weighted by Crippen LogP contribution is 2.21. The van der Waals surface area contributed by atoms with Gasteiger partial charge in [-0.05, 0) is 66.4 Å². The van der Waals surface area contributed by atoms with Crippen molar-refractivity contribution in [1.82, 2.24) is 0 Å². The average Bonchev–Trinajstić information content (AvgIpc) is 2.75. The highest BCUT2D eigenvalue weighted by molar-refractivity contribution is 5.84. The molecular formula is C27H14F4. The van der Waals surface area contributed by atoms with Crippen LogP contribution in [-0.4, -0.2) is 0 Å². The summed E-state index contributed by atoms with van der Waals surface area (Å²) in [6.45, 7) is 1.78. The van der Waals surface area contributed by atoms with Crippen molar-refractivity contribution in [2.75, 3.05) is 0 Å². The standard InChI is InChI=1S/C27H14F4/c1-17-2-7-20(25(29)14-17)9-4-19-5-10-21(26(30)16-19)8-3-18-6-12-23-22(15-18)11-13-24(28)27(23)31/h2,5-7,10-16H,1H3. The summed E-state index contributed by atoms with van der Waals surface area (Å²) in [5.74, 6) is 8.20. The molecule has 0 radical (unpaired) electrons. The van der Waals surface area contributed by atoms with Gasteiger partial charge in [0.2, 0.25) is 0 Å². The summed E-state index contributed by atoms with van der Waals surface area (Å²) >= 11 is 0. The third kappa shape index (κ3) is 4.44. The van der Waals surface area contributed by atoms with Gasteiger partial charge in [-0.3, -0.25) is 0 Å². The van der Waals surface area contributed by atoms with Gasteiger partial charge in [0.15, 0.2) is 11.6 Å². The van der Waals surface area contributed by atoms with E-state index in [1.54, 1.807) is 37.3 Å². The van der Waals surface area contributed by atoms with Gasteiger partial charge in [-0.1, -0.05) is 41.9 Å². The van der Waals surface area contributed by atoms with Crippen LogP contribution in [0.1, 0.15) is 27.8 Å². The molecule has 0 nitrogen and oxygen atoms in total. The third-order valence-corrected chi connectivity index (χ3v) is 4.68. The topological polar surface area (TPSA) is 0 Å². The third-order valence-electron chi connectivity index (χ3n) is 4.68. The molecule has 0 atom stereocenters. The lowest BCUT2D eigenvalue weighted by Gasteiger charge is -2.01. The van der Waals surface area contributed by atoms with Crippen LogP contribution in [-0.2, 0) is 0 Å². The first-order chi connectivity index (χ1) is 14.9. The van der Waals surface area contributed by atoms with Crippen molar-refractivity contribution < 1.29 is 17.6 Å². The van der Waals surface area contributed by atoms with E-state index in [0.717, 1.165) is 11.6 Å². The molecular weight excluding hydrogens is 400 g/mol. The van der Waals surface area contributed by atoms with E-state index in [1.807, 2.05) is 0 Å². The molecule has 4 heteroatoms. The predicted molar refractivity (Wildman–Crippen MR) is 113 cm³/mol. The minimum Gasteiger partial charge on any atom is -0.206 e. The second-order valence-corrected chi connectivity index (χ2v) is 6.98. The minimum absolute atomic E-state index is 0.157. The number of rotatable bonds is 0. The van der Waals surface area contributed by atoms with Crippen LogP contribution in [0, 0.1) is 53.9 Å². The molecule has 0 spiro atoms. The Morgan fingerprint density at radius 1 is 0.548 bits per heavy atom. The van der Waals surface area contributed by atoms with Crippen LogP contribution in [0.3, 0.4) is 0 Å². The molecule has 150 valence electrons. The fourth-order valence-electron chi connectivity index (χ4n) is 3.04. The van der Waals surface area contributed by atoms with Crippen molar-refractivity contribution >= 4 is 10.8 Å². The van der Waals surface area contributed by atoms with E-state index in [9.17, 15) is 17.6 Å². The fraction of sp³-hybridized carbons (Fsp3) is 0.0370. The van der Waals surface area contributed by atoms with Crippen LogP contribution >= 0.6 is 0 Å². The van der Waals surface area contributed by atoms with Gasteiger partial charge in [0.05, 0.1) is 11.1 Å². The first-order valence-electron chi connectivity index (χ1n) is 9.38. The van der Waals surface area contributed by atoms with E-state index < -0.39 is 23.3 Å². The molecule has 31 heavy (non-hydrogen) atoms. The van der Waals surface area contributed by atoms with Gasteiger partial charge in [0.25, 0.3) is 0 Å². The molecule has 0 aliphatic heterocycles. The number of hydrogen-bond acceptors (Lipinski definition) is 0. The Bertz CT molecular complexity index is 1440. The van der Waals surface area contributed by atoms with Gasteiger partial charge in [0, 0.05) is 16.5 Å². The van der Waals surface area contributed by atoms with E-state index in [4.69, 9.17) is 0 Å². The summed E-state index contributed by atoms with van der Waals surface area (Å²) in [4.78, 5) is 0. The van der Waals surface area contributed by atoms with E-state index in [-0.39, 0.29) is 16.5 Å².